The molecule has 4 nitrogen and oxygen atoms in total. The molecule has 10 heteroatoms. The summed E-state index contributed by atoms with van der Waals surface area (Å²) in [4.78, 5) is 0. The monoisotopic (exact) mass is 433 g/mol. The number of hydrogen-bond acceptors (Lipinski definition) is 3. The predicted molar refractivity (Wildman–Crippen MR) is 96.2 cm³/mol. The van der Waals surface area contributed by atoms with Crippen LogP contribution in [0.1, 0.15) is 0 Å². The van der Waals surface area contributed by atoms with Crippen LogP contribution in [-0.4, -0.2) is 14.7 Å². The van der Waals surface area contributed by atoms with Crippen molar-refractivity contribution in [3.8, 4) is 11.5 Å². The first kappa shape index (κ1) is 18.8. The molecule has 0 aromatic heterocycles. The average molecular weight is 436 g/mol. The first-order valence-electron chi connectivity index (χ1n) is 5.87. The molecular formula is C13H8Cl5NO3S. The third-order valence-electron chi connectivity index (χ3n) is 2.60. The molecule has 0 amide bonds. The summed E-state index contributed by atoms with van der Waals surface area (Å²) < 4.78 is 29.5. The molecule has 0 unspecified atom stereocenters. The molecule has 0 saturated carbocycles. The molecule has 0 heterocycles. The van der Waals surface area contributed by atoms with Crippen LogP contribution in [0.2, 0.25) is 20.1 Å². The summed E-state index contributed by atoms with van der Waals surface area (Å²) in [5.74, 6) is 0.304. The average Bonchev–Trinajstić information content (AvgIpc) is 2.43. The summed E-state index contributed by atoms with van der Waals surface area (Å²) in [5.41, 5.74) is -0.00502. The van der Waals surface area contributed by atoms with Crippen molar-refractivity contribution < 1.29 is 13.2 Å². The van der Waals surface area contributed by atoms with Gasteiger partial charge in [0.2, 0.25) is 10.0 Å². The first-order chi connectivity index (χ1) is 10.6. The maximum absolute atomic E-state index is 11.7. The van der Waals surface area contributed by atoms with Gasteiger partial charge in [-0.1, -0.05) is 46.4 Å². The second-order valence-electron chi connectivity index (χ2n) is 4.39. The van der Waals surface area contributed by atoms with Gasteiger partial charge in [-0.05, 0) is 24.3 Å². The van der Waals surface area contributed by atoms with Gasteiger partial charge in [-0.2, -0.15) is 3.82 Å². The van der Waals surface area contributed by atoms with E-state index in [2.05, 4.69) is 0 Å². The van der Waals surface area contributed by atoms with Crippen LogP contribution < -0.4 is 8.56 Å². The lowest BCUT2D eigenvalue weighted by molar-refractivity contribution is 0.484. The normalized spacial score (nSPS) is 11.4. The number of nitrogens with zero attached hydrogens (tertiary/aromatic N) is 1. The number of rotatable bonds is 4. The Bertz CT molecular complexity index is 857. The van der Waals surface area contributed by atoms with Crippen LogP contribution in [0.3, 0.4) is 0 Å². The van der Waals surface area contributed by atoms with Gasteiger partial charge >= 0.3 is 0 Å². The number of benzene rings is 2. The van der Waals surface area contributed by atoms with Gasteiger partial charge in [-0.3, -0.25) is 0 Å². The molecule has 23 heavy (non-hydrogen) atoms. The summed E-state index contributed by atoms with van der Waals surface area (Å²) in [5, 5.41) is 0.932. The second kappa shape index (κ2) is 7.13. The molecule has 2 aromatic carbocycles. The molecule has 2 aromatic rings. The first-order valence-corrected chi connectivity index (χ1v) is 9.57. The Kier molecular flexibility index (Phi) is 5.82. The minimum absolute atomic E-state index is 0.00502. The number of halogens is 5. The summed E-state index contributed by atoms with van der Waals surface area (Å²) in [7, 11) is -3.75. The van der Waals surface area contributed by atoms with Crippen LogP contribution in [0.4, 0.5) is 5.69 Å². The Morgan fingerprint density at radius 3 is 2.09 bits per heavy atom. The highest BCUT2D eigenvalue weighted by atomic mass is 35.5. The molecule has 0 aliphatic carbocycles. The van der Waals surface area contributed by atoms with Gasteiger partial charge in [0.1, 0.15) is 11.4 Å². The van der Waals surface area contributed by atoms with Gasteiger partial charge in [0, 0.05) is 22.9 Å². The number of ether oxygens (including phenoxy) is 1. The molecule has 0 atom stereocenters. The highest BCUT2D eigenvalue weighted by Crippen LogP contribution is 2.42. The maximum atomic E-state index is 11.7. The van der Waals surface area contributed by atoms with E-state index < -0.39 is 10.0 Å². The number of anilines is 1. The number of sulfonamides is 1. The Morgan fingerprint density at radius 2 is 1.52 bits per heavy atom. The molecule has 2 rings (SSSR count). The fourth-order valence-corrected chi connectivity index (χ4v) is 2.98. The quantitative estimate of drug-likeness (QED) is 0.552. The molecule has 0 spiro atoms. The van der Waals surface area contributed by atoms with Crippen molar-refractivity contribution in [2.24, 2.45) is 0 Å². The van der Waals surface area contributed by atoms with Crippen molar-refractivity contribution in [1.82, 2.24) is 0 Å². The van der Waals surface area contributed by atoms with Crippen LogP contribution in [-0.2, 0) is 10.0 Å². The minimum Gasteiger partial charge on any atom is -0.453 e. The van der Waals surface area contributed by atoms with E-state index in [1.807, 2.05) is 0 Å². The van der Waals surface area contributed by atoms with E-state index in [0.717, 1.165) is 6.26 Å². The van der Waals surface area contributed by atoms with E-state index in [-0.39, 0.29) is 32.3 Å². The Balaban J connectivity index is 2.54. The van der Waals surface area contributed by atoms with E-state index in [9.17, 15) is 8.42 Å². The zero-order valence-corrected chi connectivity index (χ0v) is 16.0. The molecular weight excluding hydrogens is 427 g/mol. The largest absolute Gasteiger partial charge is 0.453 e. The zero-order valence-electron chi connectivity index (χ0n) is 11.4. The SMILES string of the molecule is CS(=O)(=O)N(Cl)c1cc(Cl)c(Cl)cc1Oc1ccc(Cl)cc1Cl. The van der Waals surface area contributed by atoms with Gasteiger partial charge in [-0.25, -0.2) is 8.42 Å². The zero-order chi connectivity index (χ0) is 17.4. The van der Waals surface area contributed by atoms with Crippen LogP contribution in [0.25, 0.3) is 0 Å². The van der Waals surface area contributed by atoms with Gasteiger partial charge in [-0.15, -0.1) is 0 Å². The smallest absolute Gasteiger partial charge is 0.246 e. The highest BCUT2D eigenvalue weighted by Gasteiger charge is 2.22. The van der Waals surface area contributed by atoms with Gasteiger partial charge in [0.15, 0.2) is 5.75 Å². The van der Waals surface area contributed by atoms with Crippen LogP contribution in [0.5, 0.6) is 11.5 Å². The van der Waals surface area contributed by atoms with E-state index in [1.165, 1.54) is 24.3 Å². The molecule has 0 aliphatic rings. The van der Waals surface area contributed by atoms with Crippen molar-refractivity contribution in [3.05, 3.63) is 50.4 Å². The fourth-order valence-electron chi connectivity index (χ4n) is 1.59. The molecule has 0 fully saturated rings. The Hall–Kier alpha value is -0.560. The van der Waals surface area contributed by atoms with Crippen molar-refractivity contribution in [2.75, 3.05) is 10.1 Å². The van der Waals surface area contributed by atoms with Gasteiger partial charge < -0.3 is 4.74 Å². The van der Waals surface area contributed by atoms with Crippen molar-refractivity contribution in [1.29, 1.82) is 0 Å². The van der Waals surface area contributed by atoms with E-state index in [4.69, 9.17) is 62.9 Å². The van der Waals surface area contributed by atoms with E-state index in [0.29, 0.717) is 8.85 Å². The van der Waals surface area contributed by atoms with Gasteiger partial charge in [0.05, 0.1) is 21.3 Å². The lowest BCUT2D eigenvalue weighted by atomic mass is 10.3. The summed E-state index contributed by atoms with van der Waals surface area (Å²) in [6.07, 6.45) is 0.932. The van der Waals surface area contributed by atoms with Crippen molar-refractivity contribution >= 4 is 73.9 Å². The molecule has 0 bridgehead atoms. The second-order valence-corrected chi connectivity index (χ2v) is 8.42. The standard InChI is InChI=1S/C13H8Cl5NO3S/c1-23(20,21)19(18)11-5-8(15)9(16)6-13(11)22-12-3-2-7(14)4-10(12)17/h2-6H,1H3. The molecule has 0 saturated heterocycles. The van der Waals surface area contributed by atoms with Crippen molar-refractivity contribution in [2.45, 2.75) is 0 Å². The van der Waals surface area contributed by atoms with E-state index in [1.54, 1.807) is 6.07 Å². The van der Waals surface area contributed by atoms with Crippen LogP contribution in [0, 0.1) is 0 Å². The molecule has 0 radical (unpaired) electrons. The van der Waals surface area contributed by atoms with Crippen molar-refractivity contribution in [3.63, 3.8) is 0 Å². The lowest BCUT2D eigenvalue weighted by Crippen LogP contribution is -2.19. The highest BCUT2D eigenvalue weighted by molar-refractivity contribution is 7.93. The van der Waals surface area contributed by atoms with Crippen LogP contribution >= 0.6 is 58.2 Å². The molecule has 0 N–H and O–H groups in total. The topological polar surface area (TPSA) is 46.6 Å². The Labute approximate surface area is 158 Å². The number of hydrogen-bond donors (Lipinski definition) is 0. The van der Waals surface area contributed by atoms with E-state index >= 15 is 0 Å². The summed E-state index contributed by atoms with van der Waals surface area (Å²) >= 11 is 29.6. The molecule has 0 aliphatic heterocycles. The lowest BCUT2D eigenvalue weighted by Gasteiger charge is -2.18. The molecule has 124 valence electrons. The minimum atomic E-state index is -3.75. The maximum Gasteiger partial charge on any atom is 0.246 e. The third-order valence-corrected chi connectivity index (χ3v) is 5.56. The third kappa shape index (κ3) is 4.50. The van der Waals surface area contributed by atoms with Gasteiger partial charge in [0.25, 0.3) is 0 Å². The fraction of sp³-hybridized carbons (Fsp3) is 0.0769. The predicted octanol–water partition coefficient (Wildman–Crippen LogP) is 6.01. The summed E-state index contributed by atoms with van der Waals surface area (Å²) in [6, 6.07) is 7.18. The summed E-state index contributed by atoms with van der Waals surface area (Å²) in [6.45, 7) is 0. The van der Waals surface area contributed by atoms with Crippen LogP contribution in [0.15, 0.2) is 30.3 Å². The Morgan fingerprint density at radius 1 is 0.913 bits per heavy atom.